The lowest BCUT2D eigenvalue weighted by molar-refractivity contribution is -0.121. The molecule has 2 nitrogen and oxygen atoms in total. The van der Waals surface area contributed by atoms with Crippen molar-refractivity contribution < 1.29 is 9.18 Å². The molecule has 0 aliphatic heterocycles. The number of rotatable bonds is 10. The van der Waals surface area contributed by atoms with Gasteiger partial charge in [-0.25, -0.2) is 4.39 Å². The normalized spacial score (nSPS) is 11.7. The van der Waals surface area contributed by atoms with E-state index >= 15 is 0 Å². The highest BCUT2D eigenvalue weighted by Crippen LogP contribution is 2.30. The minimum atomic E-state index is -0.390. The molecule has 5 aromatic carbocycles. The summed E-state index contributed by atoms with van der Waals surface area (Å²) in [7, 11) is 0. The van der Waals surface area contributed by atoms with Crippen molar-refractivity contribution >= 4 is 17.7 Å². The molecule has 0 aromatic heterocycles. The largest absolute Gasteiger partial charge is 0.345 e. The SMILES string of the molecule is O=C(CC(c1ccccc1)c1ccccc1)NC(c1ccc(F)cc1)c1ccc(SCc2ccccc2)cc1. The third kappa shape index (κ3) is 7.24. The van der Waals surface area contributed by atoms with Crippen LogP contribution in [0.2, 0.25) is 0 Å². The lowest BCUT2D eigenvalue weighted by Gasteiger charge is -2.23. The summed E-state index contributed by atoms with van der Waals surface area (Å²) in [5.41, 5.74) is 5.25. The predicted octanol–water partition coefficient (Wildman–Crippen LogP) is 8.55. The molecule has 0 radical (unpaired) electrons. The van der Waals surface area contributed by atoms with E-state index in [-0.39, 0.29) is 17.6 Å². The van der Waals surface area contributed by atoms with Crippen LogP contribution in [0.5, 0.6) is 0 Å². The second kappa shape index (κ2) is 13.1. The van der Waals surface area contributed by atoms with Crippen LogP contribution in [0, 0.1) is 5.82 Å². The first-order chi connectivity index (χ1) is 19.2. The average molecular weight is 532 g/mol. The number of halogens is 1. The lowest BCUT2D eigenvalue weighted by Crippen LogP contribution is -2.30. The van der Waals surface area contributed by atoms with E-state index < -0.39 is 6.04 Å². The summed E-state index contributed by atoms with van der Waals surface area (Å²) >= 11 is 1.77. The maximum absolute atomic E-state index is 13.8. The van der Waals surface area contributed by atoms with Gasteiger partial charge in [0.05, 0.1) is 6.04 Å². The maximum atomic E-state index is 13.8. The summed E-state index contributed by atoms with van der Waals surface area (Å²) in [5, 5.41) is 3.25. The lowest BCUT2D eigenvalue weighted by atomic mass is 9.88. The van der Waals surface area contributed by atoms with E-state index in [1.54, 1.807) is 23.9 Å². The monoisotopic (exact) mass is 531 g/mol. The van der Waals surface area contributed by atoms with Crippen molar-refractivity contribution in [2.45, 2.75) is 29.0 Å². The highest BCUT2D eigenvalue weighted by molar-refractivity contribution is 7.98. The summed E-state index contributed by atoms with van der Waals surface area (Å²) in [4.78, 5) is 14.7. The molecular formula is C35H30FNOS. The minimum Gasteiger partial charge on any atom is -0.345 e. The first kappa shape index (κ1) is 26.5. The van der Waals surface area contributed by atoms with Gasteiger partial charge in [-0.2, -0.15) is 0 Å². The summed E-state index contributed by atoms with van der Waals surface area (Å²) in [6.07, 6.45) is 0.302. The van der Waals surface area contributed by atoms with Gasteiger partial charge in [0.25, 0.3) is 0 Å². The Kier molecular flexibility index (Phi) is 8.87. The molecule has 39 heavy (non-hydrogen) atoms. The zero-order chi connectivity index (χ0) is 26.9. The number of hydrogen-bond acceptors (Lipinski definition) is 2. The van der Waals surface area contributed by atoms with Crippen LogP contribution in [0.1, 0.15) is 46.2 Å². The second-order valence-corrected chi connectivity index (χ2v) is 10.5. The molecule has 0 heterocycles. The van der Waals surface area contributed by atoms with Crippen LogP contribution in [0.3, 0.4) is 0 Å². The van der Waals surface area contributed by atoms with E-state index in [0.29, 0.717) is 6.42 Å². The Morgan fingerprint density at radius 2 is 1.10 bits per heavy atom. The van der Waals surface area contributed by atoms with Crippen LogP contribution in [0.15, 0.2) is 144 Å². The van der Waals surface area contributed by atoms with Crippen LogP contribution >= 0.6 is 11.8 Å². The topological polar surface area (TPSA) is 29.1 Å². The fraction of sp³-hybridized carbons (Fsp3) is 0.114. The molecule has 194 valence electrons. The average Bonchev–Trinajstić information content (AvgIpc) is 3.00. The molecule has 0 saturated heterocycles. The number of amides is 1. The van der Waals surface area contributed by atoms with Crippen molar-refractivity contribution in [3.8, 4) is 0 Å². The molecular weight excluding hydrogens is 501 g/mol. The van der Waals surface area contributed by atoms with Gasteiger partial charge < -0.3 is 5.32 Å². The summed E-state index contributed by atoms with van der Waals surface area (Å²) in [6, 6.07) is 44.8. The van der Waals surface area contributed by atoms with Crippen molar-refractivity contribution in [1.29, 1.82) is 0 Å². The van der Waals surface area contributed by atoms with Crippen molar-refractivity contribution in [3.63, 3.8) is 0 Å². The molecule has 0 spiro atoms. The Labute approximate surface area is 233 Å². The van der Waals surface area contributed by atoms with Crippen LogP contribution < -0.4 is 5.32 Å². The van der Waals surface area contributed by atoms with Gasteiger partial charge in [-0.3, -0.25) is 4.79 Å². The summed E-state index contributed by atoms with van der Waals surface area (Å²) in [5.74, 6) is 0.450. The van der Waals surface area contributed by atoms with E-state index in [2.05, 4.69) is 66.0 Å². The third-order valence-electron chi connectivity index (χ3n) is 6.76. The van der Waals surface area contributed by atoms with Gasteiger partial charge in [0.2, 0.25) is 5.91 Å². The molecule has 5 aromatic rings. The summed E-state index contributed by atoms with van der Waals surface area (Å²) in [6.45, 7) is 0. The van der Waals surface area contributed by atoms with E-state index in [9.17, 15) is 9.18 Å². The standard InChI is InChI=1S/C35H30FNOS/c36-31-20-16-29(17-21-31)35(30-18-22-32(23-19-30)39-25-26-10-4-1-5-11-26)37-34(38)24-33(27-12-6-2-7-13-27)28-14-8-3-9-15-28/h1-23,33,35H,24-25H2,(H,37,38). The van der Waals surface area contributed by atoms with Gasteiger partial charge in [0.1, 0.15) is 5.82 Å². The van der Waals surface area contributed by atoms with Crippen molar-refractivity contribution in [3.05, 3.63) is 173 Å². The number of carbonyl (C=O) groups excluding carboxylic acids is 1. The highest BCUT2D eigenvalue weighted by atomic mass is 32.2. The van der Waals surface area contributed by atoms with Gasteiger partial charge in [0, 0.05) is 23.0 Å². The smallest absolute Gasteiger partial charge is 0.221 e. The van der Waals surface area contributed by atoms with Gasteiger partial charge in [-0.15, -0.1) is 11.8 Å². The van der Waals surface area contributed by atoms with Gasteiger partial charge >= 0.3 is 0 Å². The van der Waals surface area contributed by atoms with Crippen LogP contribution in [-0.2, 0) is 10.5 Å². The van der Waals surface area contributed by atoms with Crippen molar-refractivity contribution in [1.82, 2.24) is 5.32 Å². The maximum Gasteiger partial charge on any atom is 0.221 e. The van der Waals surface area contributed by atoms with E-state index in [1.165, 1.54) is 17.7 Å². The van der Waals surface area contributed by atoms with Gasteiger partial charge in [-0.1, -0.05) is 115 Å². The fourth-order valence-corrected chi connectivity index (χ4v) is 5.57. The Morgan fingerprint density at radius 3 is 1.64 bits per heavy atom. The molecule has 0 bridgehead atoms. The minimum absolute atomic E-state index is 0.0652. The van der Waals surface area contributed by atoms with Crippen molar-refractivity contribution in [2.75, 3.05) is 0 Å². The number of nitrogens with one attached hydrogen (secondary N) is 1. The van der Waals surface area contributed by atoms with E-state index in [1.807, 2.05) is 54.6 Å². The van der Waals surface area contributed by atoms with Crippen LogP contribution in [0.4, 0.5) is 4.39 Å². The Hall–Kier alpha value is -4.15. The Balaban J connectivity index is 1.36. The molecule has 1 atom stereocenters. The first-order valence-corrected chi connectivity index (χ1v) is 14.1. The van der Waals surface area contributed by atoms with Crippen molar-refractivity contribution in [2.24, 2.45) is 0 Å². The first-order valence-electron chi connectivity index (χ1n) is 13.1. The molecule has 0 aliphatic rings. The summed E-state index contributed by atoms with van der Waals surface area (Å²) < 4.78 is 13.8. The third-order valence-corrected chi connectivity index (χ3v) is 7.85. The predicted molar refractivity (Wildman–Crippen MR) is 158 cm³/mol. The molecule has 1 N–H and O–H groups in total. The number of benzene rings is 5. The second-order valence-electron chi connectivity index (χ2n) is 9.47. The highest BCUT2D eigenvalue weighted by Gasteiger charge is 2.22. The number of hydrogen-bond donors (Lipinski definition) is 1. The molecule has 4 heteroatoms. The van der Waals surface area contributed by atoms with Crippen LogP contribution in [0.25, 0.3) is 0 Å². The molecule has 0 fully saturated rings. The molecule has 0 aliphatic carbocycles. The van der Waals surface area contributed by atoms with Gasteiger partial charge in [0.15, 0.2) is 0 Å². The fourth-order valence-electron chi connectivity index (χ4n) is 4.72. The quantitative estimate of drug-likeness (QED) is 0.183. The van der Waals surface area contributed by atoms with Crippen LogP contribution in [-0.4, -0.2) is 5.91 Å². The number of thioether (sulfide) groups is 1. The van der Waals surface area contributed by atoms with Gasteiger partial charge in [-0.05, 0) is 52.1 Å². The zero-order valence-electron chi connectivity index (χ0n) is 21.5. The zero-order valence-corrected chi connectivity index (χ0v) is 22.4. The molecule has 0 saturated carbocycles. The molecule has 1 unspecified atom stereocenters. The number of carbonyl (C=O) groups is 1. The molecule has 1 amide bonds. The molecule has 5 rings (SSSR count). The Bertz CT molecular complexity index is 1420. The van der Waals surface area contributed by atoms with E-state index in [4.69, 9.17) is 0 Å². The Morgan fingerprint density at radius 1 is 0.615 bits per heavy atom. The van der Waals surface area contributed by atoms with E-state index in [0.717, 1.165) is 32.9 Å².